The number of morpholine rings is 1. The number of amides is 2. The number of carbonyl (C=O) groups excluding carboxylic acids is 2. The third-order valence-corrected chi connectivity index (χ3v) is 5.01. The van der Waals surface area contributed by atoms with Crippen LogP contribution in [0.15, 0.2) is 12.4 Å². The molecule has 0 bridgehead atoms. The number of ether oxygens (including phenoxy) is 1. The predicted octanol–water partition coefficient (Wildman–Crippen LogP) is 0.958. The molecule has 0 N–H and O–H groups in total. The van der Waals surface area contributed by atoms with Crippen molar-refractivity contribution in [3.63, 3.8) is 0 Å². The van der Waals surface area contributed by atoms with Gasteiger partial charge < -0.3 is 14.5 Å². The van der Waals surface area contributed by atoms with Crippen LogP contribution in [0.3, 0.4) is 0 Å². The zero-order valence-corrected chi connectivity index (χ0v) is 14.8. The van der Waals surface area contributed by atoms with Gasteiger partial charge in [0.25, 0.3) is 0 Å². The average molecular weight is 346 g/mol. The van der Waals surface area contributed by atoms with Gasteiger partial charge in [-0.05, 0) is 26.2 Å². The lowest BCUT2D eigenvalue weighted by molar-refractivity contribution is -0.140. The van der Waals surface area contributed by atoms with E-state index in [-0.39, 0.29) is 17.9 Å². The summed E-state index contributed by atoms with van der Waals surface area (Å²) < 4.78 is 5.58. The molecule has 1 unspecified atom stereocenters. The van der Waals surface area contributed by atoms with Crippen molar-refractivity contribution in [2.45, 2.75) is 45.1 Å². The third kappa shape index (κ3) is 4.54. The molecule has 2 saturated heterocycles. The van der Waals surface area contributed by atoms with E-state index in [1.165, 1.54) is 0 Å². The maximum absolute atomic E-state index is 12.7. The molecule has 2 fully saturated rings. The zero-order valence-electron chi connectivity index (χ0n) is 14.8. The van der Waals surface area contributed by atoms with Crippen LogP contribution in [-0.4, -0.2) is 70.5 Å². The van der Waals surface area contributed by atoms with Gasteiger partial charge in [0.15, 0.2) is 0 Å². The highest BCUT2D eigenvalue weighted by atomic mass is 16.5. The summed E-state index contributed by atoms with van der Waals surface area (Å²) in [5.41, 5.74) is 1.91. The number of aryl methyl sites for hydroxylation is 2. The number of carbonyl (C=O) groups is 2. The molecule has 0 aliphatic carbocycles. The van der Waals surface area contributed by atoms with E-state index in [0.29, 0.717) is 39.1 Å². The van der Waals surface area contributed by atoms with Gasteiger partial charge in [0.1, 0.15) is 0 Å². The van der Waals surface area contributed by atoms with Crippen molar-refractivity contribution in [2.75, 3.05) is 32.8 Å². The molecule has 136 valence electrons. The summed E-state index contributed by atoms with van der Waals surface area (Å²) in [5.74, 6) is 0.285. The van der Waals surface area contributed by atoms with Gasteiger partial charge in [-0.25, -0.2) is 0 Å². The highest BCUT2D eigenvalue weighted by Crippen LogP contribution is 2.17. The second-order valence-electron chi connectivity index (χ2n) is 6.68. The van der Waals surface area contributed by atoms with Crippen LogP contribution < -0.4 is 0 Å². The number of likely N-dealkylation sites (tertiary alicyclic amines) is 1. The van der Waals surface area contributed by atoms with Crippen LogP contribution >= 0.6 is 0 Å². The van der Waals surface area contributed by atoms with Gasteiger partial charge in [0, 0.05) is 44.9 Å². The summed E-state index contributed by atoms with van der Waals surface area (Å²) in [6, 6.07) is 0.0666. The van der Waals surface area contributed by atoms with Crippen molar-refractivity contribution in [1.29, 1.82) is 0 Å². The average Bonchev–Trinajstić information content (AvgIpc) is 3.04. The molecule has 3 rings (SSSR count). The van der Waals surface area contributed by atoms with Crippen LogP contribution in [0, 0.1) is 6.92 Å². The van der Waals surface area contributed by atoms with E-state index >= 15 is 0 Å². The Labute approximate surface area is 148 Å². The number of nitrogens with zero attached hydrogens (tertiary/aromatic N) is 4. The second kappa shape index (κ2) is 8.38. The Morgan fingerprint density at radius 3 is 2.92 bits per heavy atom. The molecule has 1 aromatic heterocycles. The molecule has 25 heavy (non-hydrogen) atoms. The first-order chi connectivity index (χ1) is 12.1. The van der Waals surface area contributed by atoms with Crippen molar-refractivity contribution in [1.82, 2.24) is 19.8 Å². The molecule has 1 atom stereocenters. The topological polar surface area (TPSA) is 75.6 Å². The minimum absolute atomic E-state index is 0.0666. The fourth-order valence-electron chi connectivity index (χ4n) is 3.52. The largest absolute Gasteiger partial charge is 0.377 e. The first kappa shape index (κ1) is 17.8. The van der Waals surface area contributed by atoms with Gasteiger partial charge in [0.2, 0.25) is 11.8 Å². The number of hydrogen-bond donors (Lipinski definition) is 0. The fourth-order valence-corrected chi connectivity index (χ4v) is 3.52. The maximum Gasteiger partial charge on any atom is 0.224 e. The third-order valence-electron chi connectivity index (χ3n) is 5.01. The lowest BCUT2D eigenvalue weighted by Gasteiger charge is -2.36. The van der Waals surface area contributed by atoms with Crippen molar-refractivity contribution in [3.05, 3.63) is 23.8 Å². The molecule has 0 saturated carbocycles. The molecule has 0 aromatic carbocycles. The van der Waals surface area contributed by atoms with Gasteiger partial charge in [-0.15, -0.1) is 0 Å². The van der Waals surface area contributed by atoms with Crippen molar-refractivity contribution < 1.29 is 14.3 Å². The molecule has 1 aromatic rings. The normalized spacial score (nSPS) is 21.0. The molecule has 2 aliphatic heterocycles. The van der Waals surface area contributed by atoms with Crippen LogP contribution in [0.4, 0.5) is 0 Å². The summed E-state index contributed by atoms with van der Waals surface area (Å²) in [4.78, 5) is 36.7. The van der Waals surface area contributed by atoms with E-state index in [1.54, 1.807) is 17.3 Å². The monoisotopic (exact) mass is 346 g/mol. The van der Waals surface area contributed by atoms with Gasteiger partial charge in [0.05, 0.1) is 30.6 Å². The molecule has 2 amide bonds. The Morgan fingerprint density at radius 2 is 2.16 bits per heavy atom. The van der Waals surface area contributed by atoms with E-state index in [4.69, 9.17) is 4.74 Å². The molecular weight excluding hydrogens is 320 g/mol. The quantitative estimate of drug-likeness (QED) is 0.767. The summed E-state index contributed by atoms with van der Waals surface area (Å²) in [6.45, 7) is 5.03. The standard InChI is InChI=1S/C18H26N4O3/c1-14-16(20-8-7-19-14)5-4-15-13-25-12-11-22(15)18(24)6-10-21-9-2-3-17(21)23/h7-8,15H,2-6,9-13H2,1H3. The number of rotatable bonds is 6. The highest BCUT2D eigenvalue weighted by molar-refractivity contribution is 5.80. The predicted molar refractivity (Wildman–Crippen MR) is 91.8 cm³/mol. The Balaban J connectivity index is 1.53. The van der Waals surface area contributed by atoms with Crippen LogP contribution in [0.1, 0.15) is 37.1 Å². The SMILES string of the molecule is Cc1nccnc1CCC1COCCN1C(=O)CCN1CCCC1=O. The highest BCUT2D eigenvalue weighted by Gasteiger charge is 2.28. The fraction of sp³-hybridized carbons (Fsp3) is 0.667. The van der Waals surface area contributed by atoms with E-state index in [9.17, 15) is 9.59 Å². The van der Waals surface area contributed by atoms with Crippen LogP contribution in [0.25, 0.3) is 0 Å². The molecule has 3 heterocycles. The van der Waals surface area contributed by atoms with Gasteiger partial charge in [-0.3, -0.25) is 19.6 Å². The summed E-state index contributed by atoms with van der Waals surface area (Å²) in [6.07, 6.45) is 6.91. The summed E-state index contributed by atoms with van der Waals surface area (Å²) in [5, 5.41) is 0. The van der Waals surface area contributed by atoms with E-state index in [2.05, 4.69) is 9.97 Å². The van der Waals surface area contributed by atoms with Crippen LogP contribution in [0.2, 0.25) is 0 Å². The first-order valence-electron chi connectivity index (χ1n) is 9.06. The molecule has 0 spiro atoms. The molecule has 7 heteroatoms. The summed E-state index contributed by atoms with van der Waals surface area (Å²) >= 11 is 0. The number of aromatic nitrogens is 2. The van der Waals surface area contributed by atoms with Gasteiger partial charge >= 0.3 is 0 Å². The van der Waals surface area contributed by atoms with E-state index in [0.717, 1.165) is 37.2 Å². The Morgan fingerprint density at radius 1 is 1.32 bits per heavy atom. The number of hydrogen-bond acceptors (Lipinski definition) is 5. The van der Waals surface area contributed by atoms with Crippen molar-refractivity contribution in [3.8, 4) is 0 Å². The Hall–Kier alpha value is -2.02. The molecule has 7 nitrogen and oxygen atoms in total. The summed E-state index contributed by atoms with van der Waals surface area (Å²) in [7, 11) is 0. The Kier molecular flexibility index (Phi) is 5.96. The van der Waals surface area contributed by atoms with Crippen LogP contribution in [0.5, 0.6) is 0 Å². The minimum atomic E-state index is 0.0666. The maximum atomic E-state index is 12.7. The minimum Gasteiger partial charge on any atom is -0.377 e. The smallest absolute Gasteiger partial charge is 0.224 e. The zero-order chi connectivity index (χ0) is 17.6. The van der Waals surface area contributed by atoms with E-state index < -0.39 is 0 Å². The lowest BCUT2D eigenvalue weighted by atomic mass is 10.1. The lowest BCUT2D eigenvalue weighted by Crippen LogP contribution is -2.49. The van der Waals surface area contributed by atoms with Gasteiger partial charge in [-0.2, -0.15) is 0 Å². The first-order valence-corrected chi connectivity index (χ1v) is 9.06. The Bertz CT molecular complexity index is 622. The molecule has 2 aliphatic rings. The second-order valence-corrected chi connectivity index (χ2v) is 6.68. The van der Waals surface area contributed by atoms with Crippen LogP contribution in [-0.2, 0) is 20.7 Å². The van der Waals surface area contributed by atoms with Crippen molar-refractivity contribution in [2.24, 2.45) is 0 Å². The van der Waals surface area contributed by atoms with Gasteiger partial charge in [-0.1, -0.05) is 0 Å². The molecule has 0 radical (unpaired) electrons. The van der Waals surface area contributed by atoms with Crippen molar-refractivity contribution >= 4 is 11.8 Å². The van der Waals surface area contributed by atoms with E-state index in [1.807, 2.05) is 11.8 Å². The molecular formula is C18H26N4O3.